The monoisotopic (exact) mass is 417 g/mol. The highest BCUT2D eigenvalue weighted by Gasteiger charge is 2.40. The van der Waals surface area contributed by atoms with Crippen LogP contribution in [0.4, 0.5) is 5.82 Å². The van der Waals surface area contributed by atoms with Crippen LogP contribution in [0.3, 0.4) is 0 Å². The summed E-state index contributed by atoms with van der Waals surface area (Å²) in [6.07, 6.45) is 5.96. The molecule has 1 saturated heterocycles. The zero-order chi connectivity index (χ0) is 21.0. The summed E-state index contributed by atoms with van der Waals surface area (Å²) in [7, 11) is 0. The number of anilines is 1. The van der Waals surface area contributed by atoms with Gasteiger partial charge in [0.1, 0.15) is 23.5 Å². The maximum absolute atomic E-state index is 12.3. The number of nitrogens with zero attached hydrogens (tertiary/aromatic N) is 5. The van der Waals surface area contributed by atoms with E-state index in [1.54, 1.807) is 6.33 Å². The first-order chi connectivity index (χ1) is 15.1. The molecule has 7 nitrogen and oxygen atoms in total. The van der Waals surface area contributed by atoms with E-state index in [9.17, 15) is 4.79 Å². The van der Waals surface area contributed by atoms with Crippen molar-refractivity contribution in [3.8, 4) is 5.75 Å². The molecule has 0 spiro atoms. The Morgan fingerprint density at radius 2 is 1.90 bits per heavy atom. The maximum Gasteiger partial charge on any atom is 0.225 e. The lowest BCUT2D eigenvalue weighted by atomic mass is 10.0. The van der Waals surface area contributed by atoms with Gasteiger partial charge in [0.15, 0.2) is 0 Å². The SMILES string of the molecule is CC1(Oc2ccc3c(c2)C(c2cc(N4CCN(C(=O)C5CC5)CC4)ncn2)=NC3)CC1. The smallest absolute Gasteiger partial charge is 0.225 e. The number of hydrogen-bond donors (Lipinski definition) is 0. The Morgan fingerprint density at radius 3 is 2.65 bits per heavy atom. The summed E-state index contributed by atoms with van der Waals surface area (Å²) in [4.78, 5) is 30.4. The van der Waals surface area contributed by atoms with Gasteiger partial charge in [-0.05, 0) is 50.3 Å². The Balaban J connectivity index is 1.19. The summed E-state index contributed by atoms with van der Waals surface area (Å²) in [6, 6.07) is 8.30. The van der Waals surface area contributed by atoms with E-state index < -0.39 is 0 Å². The topological polar surface area (TPSA) is 70.9 Å². The standard InChI is InChI=1S/C24H27N5O2/c1-24(6-7-24)31-18-5-4-17-14-25-22(19(17)12-18)20-13-21(27-15-26-20)28-8-10-29(11-9-28)23(30)16-2-3-16/h4-5,12-13,15-16H,2-3,6-11,14H2,1H3. The molecule has 0 atom stereocenters. The highest BCUT2D eigenvalue weighted by Crippen LogP contribution is 2.40. The van der Waals surface area contributed by atoms with Gasteiger partial charge in [0, 0.05) is 43.7 Å². The minimum absolute atomic E-state index is 0.00469. The molecule has 2 aliphatic carbocycles. The summed E-state index contributed by atoms with van der Waals surface area (Å²) >= 11 is 0. The quantitative estimate of drug-likeness (QED) is 0.748. The van der Waals surface area contributed by atoms with Crippen LogP contribution in [0.5, 0.6) is 5.75 Å². The first-order valence-electron chi connectivity index (χ1n) is 11.3. The second kappa shape index (κ2) is 7.04. The summed E-state index contributed by atoms with van der Waals surface area (Å²) in [5, 5.41) is 0. The highest BCUT2D eigenvalue weighted by atomic mass is 16.5. The summed E-state index contributed by atoms with van der Waals surface area (Å²) < 4.78 is 6.16. The number of aromatic nitrogens is 2. The fourth-order valence-corrected chi connectivity index (χ4v) is 4.40. The Morgan fingerprint density at radius 1 is 1.10 bits per heavy atom. The number of fused-ring (bicyclic) bond motifs is 1. The van der Waals surface area contributed by atoms with Crippen LogP contribution in [-0.2, 0) is 11.3 Å². The van der Waals surface area contributed by atoms with E-state index in [4.69, 9.17) is 9.73 Å². The predicted octanol–water partition coefficient (Wildman–Crippen LogP) is 2.82. The van der Waals surface area contributed by atoms with E-state index in [0.29, 0.717) is 12.5 Å². The van der Waals surface area contributed by atoms with Gasteiger partial charge in [-0.2, -0.15) is 0 Å². The van der Waals surface area contributed by atoms with Crippen LogP contribution in [0.1, 0.15) is 49.4 Å². The van der Waals surface area contributed by atoms with Crippen LogP contribution in [0, 0.1) is 5.92 Å². The molecule has 7 heteroatoms. The number of amides is 1. The van der Waals surface area contributed by atoms with Crippen LogP contribution in [0.25, 0.3) is 0 Å². The molecule has 1 aromatic heterocycles. The molecule has 0 N–H and O–H groups in total. The Kier molecular flexibility index (Phi) is 4.26. The fraction of sp³-hybridized carbons (Fsp3) is 0.500. The van der Waals surface area contributed by atoms with Crippen molar-refractivity contribution in [3.63, 3.8) is 0 Å². The predicted molar refractivity (Wildman–Crippen MR) is 118 cm³/mol. The second-order valence-corrected chi connectivity index (χ2v) is 9.38. The molecule has 3 heterocycles. The van der Waals surface area contributed by atoms with Gasteiger partial charge in [-0.25, -0.2) is 9.97 Å². The molecule has 6 rings (SSSR count). The van der Waals surface area contributed by atoms with Crippen molar-refractivity contribution in [1.29, 1.82) is 0 Å². The van der Waals surface area contributed by atoms with Gasteiger partial charge in [-0.15, -0.1) is 0 Å². The van der Waals surface area contributed by atoms with Crippen LogP contribution < -0.4 is 9.64 Å². The first-order valence-corrected chi connectivity index (χ1v) is 11.3. The lowest BCUT2D eigenvalue weighted by Gasteiger charge is -2.35. The molecular weight excluding hydrogens is 390 g/mol. The molecule has 4 aliphatic rings. The van der Waals surface area contributed by atoms with Crippen molar-refractivity contribution in [1.82, 2.24) is 14.9 Å². The third kappa shape index (κ3) is 3.66. The number of carbonyl (C=O) groups excluding carboxylic acids is 1. The Hall–Kier alpha value is -2.96. The summed E-state index contributed by atoms with van der Waals surface area (Å²) in [5.41, 5.74) is 4.06. The number of benzene rings is 1. The van der Waals surface area contributed by atoms with Crippen molar-refractivity contribution >= 4 is 17.4 Å². The van der Waals surface area contributed by atoms with Gasteiger partial charge in [0.05, 0.1) is 18.0 Å². The highest BCUT2D eigenvalue weighted by molar-refractivity contribution is 6.14. The minimum Gasteiger partial charge on any atom is -0.488 e. The number of piperazine rings is 1. The van der Waals surface area contributed by atoms with Crippen LogP contribution in [0.2, 0.25) is 0 Å². The van der Waals surface area contributed by atoms with Crippen molar-refractivity contribution in [2.75, 3.05) is 31.1 Å². The molecule has 31 heavy (non-hydrogen) atoms. The van der Waals surface area contributed by atoms with Crippen molar-refractivity contribution in [2.45, 2.75) is 44.8 Å². The number of rotatable bonds is 5. The molecule has 0 unspecified atom stereocenters. The van der Waals surface area contributed by atoms with Crippen LogP contribution in [-0.4, -0.2) is 58.3 Å². The van der Waals surface area contributed by atoms with Gasteiger partial charge >= 0.3 is 0 Å². The Bertz CT molecular complexity index is 1070. The zero-order valence-corrected chi connectivity index (χ0v) is 17.9. The van der Waals surface area contributed by atoms with Crippen molar-refractivity contribution in [2.24, 2.45) is 10.9 Å². The molecule has 2 aromatic rings. The molecule has 160 valence electrons. The number of ether oxygens (including phenoxy) is 1. The van der Waals surface area contributed by atoms with Gasteiger partial charge < -0.3 is 14.5 Å². The average Bonchev–Trinajstić information content (AvgIpc) is 3.72. The molecule has 1 amide bonds. The zero-order valence-electron chi connectivity index (χ0n) is 17.9. The summed E-state index contributed by atoms with van der Waals surface area (Å²) in [6.45, 7) is 5.95. The van der Waals surface area contributed by atoms with Crippen molar-refractivity contribution in [3.05, 3.63) is 47.4 Å². The lowest BCUT2D eigenvalue weighted by Crippen LogP contribution is -2.49. The molecule has 2 aliphatic heterocycles. The molecule has 0 bridgehead atoms. The molecule has 3 fully saturated rings. The van der Waals surface area contributed by atoms with Crippen LogP contribution >= 0.6 is 0 Å². The molecule has 0 radical (unpaired) electrons. The van der Waals surface area contributed by atoms with E-state index in [-0.39, 0.29) is 11.5 Å². The lowest BCUT2D eigenvalue weighted by molar-refractivity contribution is -0.132. The molecule has 1 aromatic carbocycles. The second-order valence-electron chi connectivity index (χ2n) is 9.38. The fourth-order valence-electron chi connectivity index (χ4n) is 4.40. The van der Waals surface area contributed by atoms with E-state index >= 15 is 0 Å². The third-order valence-corrected chi connectivity index (χ3v) is 6.80. The van der Waals surface area contributed by atoms with Gasteiger partial charge in [-0.1, -0.05) is 6.07 Å². The average molecular weight is 418 g/mol. The molecule has 2 saturated carbocycles. The van der Waals surface area contributed by atoms with E-state index in [1.807, 2.05) is 11.0 Å². The number of aliphatic imine (C=N–C) groups is 1. The van der Waals surface area contributed by atoms with Gasteiger partial charge in [0.25, 0.3) is 0 Å². The number of carbonyl (C=O) groups is 1. The number of hydrogen-bond acceptors (Lipinski definition) is 6. The first kappa shape index (κ1) is 18.8. The minimum atomic E-state index is -0.00469. The van der Waals surface area contributed by atoms with Gasteiger partial charge in [-0.3, -0.25) is 9.79 Å². The maximum atomic E-state index is 12.3. The van der Waals surface area contributed by atoms with Crippen molar-refractivity contribution < 1.29 is 9.53 Å². The van der Waals surface area contributed by atoms with Gasteiger partial charge in [0.2, 0.25) is 5.91 Å². The largest absolute Gasteiger partial charge is 0.488 e. The van der Waals surface area contributed by atoms with E-state index in [2.05, 4.69) is 40.0 Å². The normalized spacial score (nSPS) is 21.5. The van der Waals surface area contributed by atoms with E-state index in [0.717, 1.165) is 80.4 Å². The van der Waals surface area contributed by atoms with Crippen LogP contribution in [0.15, 0.2) is 35.6 Å². The molecular formula is C24H27N5O2. The Labute approximate surface area is 182 Å². The van der Waals surface area contributed by atoms with E-state index in [1.165, 1.54) is 5.56 Å². The summed E-state index contributed by atoms with van der Waals surface area (Å²) in [5.74, 6) is 2.42. The third-order valence-electron chi connectivity index (χ3n) is 6.80.